The molecule has 0 unspecified atom stereocenters. The van der Waals surface area contributed by atoms with Crippen LogP contribution in [0.2, 0.25) is 0 Å². The molecule has 0 N–H and O–H groups in total. The average Bonchev–Trinajstić information content (AvgIpc) is 1.98. The standard InChI is InChI=1S/C9H16O/c1-3-5-6-7-8-9(10)4-2/h5-6H,3-4,7-8H2,1-2H3/b6-5-. The molecule has 0 saturated carbocycles. The third-order valence-electron chi connectivity index (χ3n) is 1.39. The van der Waals surface area contributed by atoms with Crippen LogP contribution >= 0.6 is 0 Å². The highest BCUT2D eigenvalue weighted by molar-refractivity contribution is 5.78. The molecule has 0 spiro atoms. The van der Waals surface area contributed by atoms with Crippen molar-refractivity contribution >= 4 is 5.78 Å². The Balaban J connectivity index is 3.19. The summed E-state index contributed by atoms with van der Waals surface area (Å²) in [4.78, 5) is 10.7. The van der Waals surface area contributed by atoms with Gasteiger partial charge in [-0.2, -0.15) is 0 Å². The molecule has 0 amide bonds. The number of allylic oxidation sites excluding steroid dienone is 2. The number of Topliss-reactive ketones (excluding diaryl/α,β-unsaturated/α-hetero) is 1. The minimum absolute atomic E-state index is 0.362. The molecule has 0 heterocycles. The van der Waals surface area contributed by atoms with E-state index in [4.69, 9.17) is 0 Å². The maximum Gasteiger partial charge on any atom is 0.132 e. The van der Waals surface area contributed by atoms with Gasteiger partial charge < -0.3 is 0 Å². The van der Waals surface area contributed by atoms with Gasteiger partial charge in [0.25, 0.3) is 0 Å². The Bertz CT molecular complexity index is 114. The second-order valence-electron chi connectivity index (χ2n) is 2.31. The lowest BCUT2D eigenvalue weighted by Gasteiger charge is -1.90. The van der Waals surface area contributed by atoms with Crippen LogP contribution in [-0.2, 0) is 4.79 Å². The van der Waals surface area contributed by atoms with E-state index in [9.17, 15) is 4.79 Å². The van der Waals surface area contributed by atoms with E-state index in [1.165, 1.54) is 0 Å². The molecule has 1 nitrogen and oxygen atoms in total. The summed E-state index contributed by atoms with van der Waals surface area (Å²) in [6.07, 6.45) is 7.56. The first-order chi connectivity index (χ1) is 4.81. The van der Waals surface area contributed by atoms with Gasteiger partial charge in [0.2, 0.25) is 0 Å². The Labute approximate surface area is 63.1 Å². The SMILES string of the molecule is CC/C=C\CCC(=O)CC. The van der Waals surface area contributed by atoms with Gasteiger partial charge in [0, 0.05) is 12.8 Å². The van der Waals surface area contributed by atoms with Crippen LogP contribution in [0.3, 0.4) is 0 Å². The largest absolute Gasteiger partial charge is 0.300 e. The van der Waals surface area contributed by atoms with E-state index in [0.717, 1.165) is 12.8 Å². The van der Waals surface area contributed by atoms with Gasteiger partial charge in [-0.15, -0.1) is 0 Å². The molecular formula is C9H16O. The second kappa shape index (κ2) is 6.53. The van der Waals surface area contributed by atoms with Crippen molar-refractivity contribution in [3.63, 3.8) is 0 Å². The Morgan fingerprint density at radius 1 is 1.30 bits per heavy atom. The predicted octanol–water partition coefficient (Wildman–Crippen LogP) is 2.71. The molecule has 0 saturated heterocycles. The molecular weight excluding hydrogens is 124 g/mol. The first-order valence-corrected chi connectivity index (χ1v) is 3.98. The minimum atomic E-state index is 0.362. The van der Waals surface area contributed by atoms with Crippen molar-refractivity contribution in [2.24, 2.45) is 0 Å². The van der Waals surface area contributed by atoms with Crippen LogP contribution in [0, 0.1) is 0 Å². The number of carbonyl (C=O) groups is 1. The van der Waals surface area contributed by atoms with Crippen LogP contribution in [0.1, 0.15) is 39.5 Å². The van der Waals surface area contributed by atoms with Gasteiger partial charge in [0.05, 0.1) is 0 Å². The molecule has 0 aliphatic carbocycles. The molecule has 0 fully saturated rings. The molecule has 0 aromatic carbocycles. The molecule has 0 rings (SSSR count). The highest BCUT2D eigenvalue weighted by Gasteiger charge is 1.93. The summed E-state index contributed by atoms with van der Waals surface area (Å²) in [7, 11) is 0. The Kier molecular flexibility index (Phi) is 6.14. The average molecular weight is 140 g/mol. The Morgan fingerprint density at radius 2 is 2.00 bits per heavy atom. The van der Waals surface area contributed by atoms with Crippen molar-refractivity contribution in [1.82, 2.24) is 0 Å². The lowest BCUT2D eigenvalue weighted by molar-refractivity contribution is -0.118. The molecule has 0 atom stereocenters. The predicted molar refractivity (Wildman–Crippen MR) is 44.0 cm³/mol. The normalized spacial score (nSPS) is 10.6. The van der Waals surface area contributed by atoms with Crippen molar-refractivity contribution in [3.8, 4) is 0 Å². The molecule has 0 radical (unpaired) electrons. The molecule has 0 aromatic heterocycles. The first kappa shape index (κ1) is 9.41. The summed E-state index contributed by atoms with van der Waals surface area (Å²) in [5.74, 6) is 0.362. The monoisotopic (exact) mass is 140 g/mol. The van der Waals surface area contributed by atoms with Crippen LogP contribution in [0.25, 0.3) is 0 Å². The smallest absolute Gasteiger partial charge is 0.132 e. The molecule has 58 valence electrons. The molecule has 0 bridgehead atoms. The number of carbonyl (C=O) groups excluding carboxylic acids is 1. The molecule has 0 aromatic rings. The summed E-state index contributed by atoms with van der Waals surface area (Å²) in [5.41, 5.74) is 0. The van der Waals surface area contributed by atoms with E-state index < -0.39 is 0 Å². The zero-order valence-electron chi connectivity index (χ0n) is 6.89. The highest BCUT2D eigenvalue weighted by atomic mass is 16.1. The van der Waals surface area contributed by atoms with Gasteiger partial charge in [0.15, 0.2) is 0 Å². The van der Waals surface area contributed by atoms with E-state index >= 15 is 0 Å². The fourth-order valence-corrected chi connectivity index (χ4v) is 0.706. The minimum Gasteiger partial charge on any atom is -0.300 e. The van der Waals surface area contributed by atoms with Crippen LogP contribution in [0.5, 0.6) is 0 Å². The summed E-state index contributed by atoms with van der Waals surface area (Å²) in [6.45, 7) is 4.00. The van der Waals surface area contributed by atoms with Crippen LogP contribution in [0.4, 0.5) is 0 Å². The van der Waals surface area contributed by atoms with Gasteiger partial charge >= 0.3 is 0 Å². The van der Waals surface area contributed by atoms with Gasteiger partial charge in [-0.05, 0) is 12.8 Å². The lowest BCUT2D eigenvalue weighted by atomic mass is 10.2. The number of hydrogen-bond donors (Lipinski definition) is 0. The second-order valence-corrected chi connectivity index (χ2v) is 2.31. The lowest BCUT2D eigenvalue weighted by Crippen LogP contribution is -1.92. The van der Waals surface area contributed by atoms with Crippen molar-refractivity contribution in [2.45, 2.75) is 39.5 Å². The third kappa shape index (κ3) is 5.54. The zero-order valence-corrected chi connectivity index (χ0v) is 6.89. The van der Waals surface area contributed by atoms with Crippen LogP contribution < -0.4 is 0 Å². The summed E-state index contributed by atoms with van der Waals surface area (Å²) in [5, 5.41) is 0. The van der Waals surface area contributed by atoms with Crippen LogP contribution in [0.15, 0.2) is 12.2 Å². The van der Waals surface area contributed by atoms with Gasteiger partial charge in [-0.25, -0.2) is 0 Å². The summed E-state index contributed by atoms with van der Waals surface area (Å²) >= 11 is 0. The van der Waals surface area contributed by atoms with E-state index in [2.05, 4.69) is 19.1 Å². The van der Waals surface area contributed by atoms with E-state index in [-0.39, 0.29) is 0 Å². The van der Waals surface area contributed by atoms with Gasteiger partial charge in [0.1, 0.15) is 5.78 Å². The van der Waals surface area contributed by atoms with Crippen molar-refractivity contribution in [1.29, 1.82) is 0 Å². The number of hydrogen-bond acceptors (Lipinski definition) is 1. The third-order valence-corrected chi connectivity index (χ3v) is 1.39. The van der Waals surface area contributed by atoms with Crippen molar-refractivity contribution in [2.75, 3.05) is 0 Å². The van der Waals surface area contributed by atoms with E-state index in [1.807, 2.05) is 6.92 Å². The van der Waals surface area contributed by atoms with Crippen LogP contribution in [-0.4, -0.2) is 5.78 Å². The van der Waals surface area contributed by atoms with Crippen molar-refractivity contribution < 1.29 is 4.79 Å². The maximum absolute atomic E-state index is 10.7. The van der Waals surface area contributed by atoms with Gasteiger partial charge in [-0.3, -0.25) is 4.79 Å². The first-order valence-electron chi connectivity index (χ1n) is 3.98. The highest BCUT2D eigenvalue weighted by Crippen LogP contribution is 1.96. The molecule has 10 heavy (non-hydrogen) atoms. The summed E-state index contributed by atoms with van der Waals surface area (Å²) in [6, 6.07) is 0. The zero-order chi connectivity index (χ0) is 7.82. The maximum atomic E-state index is 10.7. The summed E-state index contributed by atoms with van der Waals surface area (Å²) < 4.78 is 0. The Morgan fingerprint density at radius 3 is 2.50 bits per heavy atom. The quantitative estimate of drug-likeness (QED) is 0.536. The topological polar surface area (TPSA) is 17.1 Å². The number of rotatable bonds is 5. The fraction of sp³-hybridized carbons (Fsp3) is 0.667. The number of ketones is 1. The van der Waals surface area contributed by atoms with Crippen molar-refractivity contribution in [3.05, 3.63) is 12.2 Å². The van der Waals surface area contributed by atoms with Gasteiger partial charge in [-0.1, -0.05) is 26.0 Å². The fourth-order valence-electron chi connectivity index (χ4n) is 0.706. The molecule has 0 aliphatic rings. The Hall–Kier alpha value is -0.590. The van der Waals surface area contributed by atoms with E-state index in [0.29, 0.717) is 18.6 Å². The molecule has 1 heteroatoms. The molecule has 0 aliphatic heterocycles. The van der Waals surface area contributed by atoms with E-state index in [1.54, 1.807) is 0 Å².